The fourth-order valence-corrected chi connectivity index (χ4v) is 5.38. The Hall–Kier alpha value is -2.69. The number of halogens is 2. The van der Waals surface area contributed by atoms with Crippen LogP contribution in [0, 0.1) is 0 Å². The molecule has 1 N–H and O–H groups in total. The molecule has 3 rings (SSSR count). The number of sulfonamides is 1. The van der Waals surface area contributed by atoms with Crippen LogP contribution in [0.15, 0.2) is 36.4 Å². The lowest BCUT2D eigenvalue weighted by Crippen LogP contribution is -2.51. The maximum atomic E-state index is 13.8. The number of carbonyl (C=O) groups is 2. The Balaban J connectivity index is 1.94. The van der Waals surface area contributed by atoms with Crippen LogP contribution in [-0.4, -0.2) is 63.2 Å². The third-order valence-electron chi connectivity index (χ3n) is 6.15. The second kappa shape index (κ2) is 13.4. The Labute approximate surface area is 234 Å². The first-order valence-corrected chi connectivity index (χ1v) is 14.8. The summed E-state index contributed by atoms with van der Waals surface area (Å²) in [6.07, 6.45) is 1.69. The molecule has 0 saturated heterocycles. The summed E-state index contributed by atoms with van der Waals surface area (Å²) in [5.74, 6) is -0.255. The number of nitrogens with one attached hydrogen (secondary N) is 1. The highest BCUT2D eigenvalue weighted by molar-refractivity contribution is 7.92. The molecule has 0 aliphatic carbocycles. The SMILES string of the molecule is CCCCNC(=O)C(C)N(Cc1ccc(Cl)cc1Cl)C(=O)CN(c1ccc2c(c1)OCCO2)S(=O)(=O)CC. The molecule has 2 aromatic rings. The number of fused-ring (bicyclic) bond motifs is 1. The summed E-state index contributed by atoms with van der Waals surface area (Å²) in [4.78, 5) is 28.0. The van der Waals surface area contributed by atoms with E-state index in [1.54, 1.807) is 37.3 Å². The highest BCUT2D eigenvalue weighted by Gasteiger charge is 2.32. The number of hydrogen-bond acceptors (Lipinski definition) is 6. The van der Waals surface area contributed by atoms with Crippen molar-refractivity contribution in [2.24, 2.45) is 0 Å². The quantitative estimate of drug-likeness (QED) is 0.373. The second-order valence-electron chi connectivity index (χ2n) is 8.81. The highest BCUT2D eigenvalue weighted by atomic mass is 35.5. The fraction of sp³-hybridized carbons (Fsp3) is 0.462. The van der Waals surface area contributed by atoms with Gasteiger partial charge in [0, 0.05) is 29.2 Å². The number of hydrogen-bond donors (Lipinski definition) is 1. The fourth-order valence-electron chi connectivity index (χ4n) is 3.86. The van der Waals surface area contributed by atoms with Gasteiger partial charge in [0.1, 0.15) is 25.8 Å². The number of ether oxygens (including phenoxy) is 2. The van der Waals surface area contributed by atoms with E-state index >= 15 is 0 Å². The van der Waals surface area contributed by atoms with Crippen LogP contribution < -0.4 is 19.1 Å². The first-order chi connectivity index (χ1) is 18.1. The number of carbonyl (C=O) groups excluding carboxylic acids is 2. The number of nitrogens with zero attached hydrogens (tertiary/aromatic N) is 2. The maximum absolute atomic E-state index is 13.8. The van der Waals surface area contributed by atoms with Gasteiger partial charge in [-0.25, -0.2) is 8.42 Å². The van der Waals surface area contributed by atoms with Gasteiger partial charge in [-0.3, -0.25) is 13.9 Å². The van der Waals surface area contributed by atoms with Crippen LogP contribution in [0.4, 0.5) is 5.69 Å². The molecule has 2 amide bonds. The van der Waals surface area contributed by atoms with Crippen LogP contribution in [0.5, 0.6) is 11.5 Å². The standard InChI is InChI=1S/C26H33Cl2N3O6S/c1-4-6-11-29-26(33)18(3)30(16-19-7-8-20(27)14-22(19)28)25(32)17-31(38(34,35)5-2)21-9-10-23-24(15-21)37-13-12-36-23/h7-10,14-15,18H,4-6,11-13,16-17H2,1-3H3,(H,29,33). The predicted molar refractivity (Wildman–Crippen MR) is 149 cm³/mol. The molecule has 1 atom stereocenters. The van der Waals surface area contributed by atoms with Crippen molar-refractivity contribution in [3.8, 4) is 11.5 Å². The van der Waals surface area contributed by atoms with E-state index in [0.717, 1.165) is 17.1 Å². The van der Waals surface area contributed by atoms with Gasteiger partial charge in [0.15, 0.2) is 11.5 Å². The summed E-state index contributed by atoms with van der Waals surface area (Å²) in [6, 6.07) is 8.69. The normalized spacial score (nSPS) is 13.5. The van der Waals surface area contributed by atoms with Crippen molar-refractivity contribution in [1.82, 2.24) is 10.2 Å². The molecule has 1 unspecified atom stereocenters. The van der Waals surface area contributed by atoms with Crippen LogP contribution >= 0.6 is 23.2 Å². The van der Waals surface area contributed by atoms with E-state index in [0.29, 0.717) is 46.9 Å². The number of unbranched alkanes of at least 4 members (excludes halogenated alkanes) is 1. The van der Waals surface area contributed by atoms with E-state index in [4.69, 9.17) is 32.7 Å². The lowest BCUT2D eigenvalue weighted by atomic mass is 10.1. The lowest BCUT2D eigenvalue weighted by molar-refractivity contribution is -0.139. The third kappa shape index (κ3) is 7.45. The molecule has 0 aromatic heterocycles. The Morgan fingerprint density at radius 1 is 1.05 bits per heavy atom. The Morgan fingerprint density at radius 3 is 2.42 bits per heavy atom. The predicted octanol–water partition coefficient (Wildman–Crippen LogP) is 4.25. The summed E-state index contributed by atoms with van der Waals surface area (Å²) in [6.45, 7) is 5.77. The highest BCUT2D eigenvalue weighted by Crippen LogP contribution is 2.35. The summed E-state index contributed by atoms with van der Waals surface area (Å²) in [5.41, 5.74) is 0.829. The zero-order valence-corrected chi connectivity index (χ0v) is 24.0. The van der Waals surface area contributed by atoms with Gasteiger partial charge in [0.05, 0.1) is 11.4 Å². The minimum Gasteiger partial charge on any atom is -0.486 e. The number of rotatable bonds is 12. The van der Waals surface area contributed by atoms with Gasteiger partial charge in [-0.1, -0.05) is 42.6 Å². The topological polar surface area (TPSA) is 105 Å². The molecule has 0 radical (unpaired) electrons. The first-order valence-electron chi connectivity index (χ1n) is 12.5. The van der Waals surface area contributed by atoms with E-state index < -0.39 is 28.5 Å². The van der Waals surface area contributed by atoms with Crippen molar-refractivity contribution in [3.63, 3.8) is 0 Å². The Morgan fingerprint density at radius 2 is 1.76 bits per heavy atom. The monoisotopic (exact) mass is 585 g/mol. The van der Waals surface area contributed by atoms with Crippen molar-refractivity contribution in [1.29, 1.82) is 0 Å². The van der Waals surface area contributed by atoms with E-state index in [9.17, 15) is 18.0 Å². The molecule has 0 spiro atoms. The molecule has 0 bridgehead atoms. The second-order valence-corrected chi connectivity index (χ2v) is 11.8. The molecular weight excluding hydrogens is 553 g/mol. The molecule has 208 valence electrons. The van der Waals surface area contributed by atoms with Gasteiger partial charge in [-0.2, -0.15) is 0 Å². The van der Waals surface area contributed by atoms with E-state index in [2.05, 4.69) is 5.32 Å². The molecule has 1 aliphatic rings. The molecule has 38 heavy (non-hydrogen) atoms. The average molecular weight is 587 g/mol. The van der Waals surface area contributed by atoms with Crippen molar-refractivity contribution in [3.05, 3.63) is 52.0 Å². The van der Waals surface area contributed by atoms with Crippen LogP contribution in [0.1, 0.15) is 39.2 Å². The minimum absolute atomic E-state index is 0.0155. The third-order valence-corrected chi connectivity index (χ3v) is 8.47. The Bertz CT molecular complexity index is 1260. The molecule has 1 heterocycles. The van der Waals surface area contributed by atoms with Crippen molar-refractivity contribution in [2.75, 3.05) is 36.4 Å². The number of anilines is 1. The van der Waals surface area contributed by atoms with Gasteiger partial charge in [-0.15, -0.1) is 0 Å². The first kappa shape index (κ1) is 29.9. The van der Waals surface area contributed by atoms with Gasteiger partial charge < -0.3 is 19.7 Å². The van der Waals surface area contributed by atoms with Gasteiger partial charge in [-0.05, 0) is 50.1 Å². The molecule has 0 saturated carbocycles. The van der Waals surface area contributed by atoms with Crippen LogP contribution in [-0.2, 0) is 26.2 Å². The van der Waals surface area contributed by atoms with Gasteiger partial charge >= 0.3 is 0 Å². The van der Waals surface area contributed by atoms with Crippen molar-refractivity contribution >= 4 is 50.7 Å². The largest absolute Gasteiger partial charge is 0.486 e. The van der Waals surface area contributed by atoms with Crippen LogP contribution in [0.25, 0.3) is 0 Å². The molecule has 2 aromatic carbocycles. The zero-order chi connectivity index (χ0) is 27.9. The van der Waals surface area contributed by atoms with Crippen LogP contribution in [0.3, 0.4) is 0 Å². The summed E-state index contributed by atoms with van der Waals surface area (Å²) < 4.78 is 38.4. The molecule has 9 nitrogen and oxygen atoms in total. The van der Waals surface area contributed by atoms with Crippen molar-refractivity contribution in [2.45, 2.75) is 46.2 Å². The molecule has 0 fully saturated rings. The number of amides is 2. The average Bonchev–Trinajstić information content (AvgIpc) is 2.90. The van der Waals surface area contributed by atoms with Gasteiger partial charge in [0.25, 0.3) is 0 Å². The van der Waals surface area contributed by atoms with E-state index in [-0.39, 0.29) is 23.9 Å². The lowest BCUT2D eigenvalue weighted by Gasteiger charge is -2.32. The molecular formula is C26H33Cl2N3O6S. The maximum Gasteiger partial charge on any atom is 0.244 e. The van der Waals surface area contributed by atoms with E-state index in [1.807, 2.05) is 6.92 Å². The Kier molecular flexibility index (Phi) is 10.5. The zero-order valence-electron chi connectivity index (χ0n) is 21.7. The molecule has 12 heteroatoms. The summed E-state index contributed by atoms with van der Waals surface area (Å²) in [7, 11) is -3.87. The molecule has 1 aliphatic heterocycles. The van der Waals surface area contributed by atoms with Gasteiger partial charge in [0.2, 0.25) is 21.8 Å². The van der Waals surface area contributed by atoms with Crippen molar-refractivity contribution < 1.29 is 27.5 Å². The number of benzene rings is 2. The minimum atomic E-state index is -3.87. The van der Waals surface area contributed by atoms with E-state index in [1.165, 1.54) is 17.9 Å². The summed E-state index contributed by atoms with van der Waals surface area (Å²) >= 11 is 12.4. The summed E-state index contributed by atoms with van der Waals surface area (Å²) in [5, 5.41) is 3.60. The smallest absolute Gasteiger partial charge is 0.244 e. The van der Waals surface area contributed by atoms with Crippen LogP contribution in [0.2, 0.25) is 10.0 Å².